The number of anilines is 2. The lowest BCUT2D eigenvalue weighted by Crippen LogP contribution is -2.21. The molecule has 0 N–H and O–H groups in total. The van der Waals surface area contributed by atoms with Gasteiger partial charge in [-0.1, -0.05) is 12.1 Å². The molecule has 25 heavy (non-hydrogen) atoms. The first kappa shape index (κ1) is 15.6. The van der Waals surface area contributed by atoms with E-state index >= 15 is 0 Å². The largest absolute Gasteiger partial charge is 0.378 e. The number of pyridine rings is 2. The minimum atomic E-state index is 0.263. The first-order valence-corrected chi connectivity index (χ1v) is 8.42. The highest BCUT2D eigenvalue weighted by molar-refractivity contribution is 5.96. The SMILES string of the molecule is CN(C)c1ccc(-c2cc3ncccc3c(N3CCC(=O)C3)n2)cc1. The summed E-state index contributed by atoms with van der Waals surface area (Å²) in [7, 11) is 4.05. The van der Waals surface area contributed by atoms with Crippen LogP contribution in [0.3, 0.4) is 0 Å². The molecule has 1 aromatic carbocycles. The molecule has 1 fully saturated rings. The predicted octanol–water partition coefficient (Wildman–Crippen LogP) is 3.14. The summed E-state index contributed by atoms with van der Waals surface area (Å²) in [6.45, 7) is 1.15. The highest BCUT2D eigenvalue weighted by atomic mass is 16.1. The molecule has 5 heteroatoms. The zero-order valence-corrected chi connectivity index (χ0v) is 14.4. The zero-order chi connectivity index (χ0) is 17.4. The van der Waals surface area contributed by atoms with Gasteiger partial charge in [-0.2, -0.15) is 0 Å². The molecule has 0 amide bonds. The molecular weight excluding hydrogens is 312 g/mol. The fourth-order valence-corrected chi connectivity index (χ4v) is 3.19. The van der Waals surface area contributed by atoms with Gasteiger partial charge in [0.2, 0.25) is 0 Å². The summed E-state index contributed by atoms with van der Waals surface area (Å²) >= 11 is 0. The van der Waals surface area contributed by atoms with Gasteiger partial charge in [0.1, 0.15) is 5.82 Å². The molecule has 1 aliphatic rings. The third kappa shape index (κ3) is 2.93. The number of hydrogen-bond acceptors (Lipinski definition) is 5. The van der Waals surface area contributed by atoms with Gasteiger partial charge in [0.15, 0.2) is 5.78 Å². The van der Waals surface area contributed by atoms with E-state index in [-0.39, 0.29) is 5.78 Å². The second-order valence-corrected chi connectivity index (χ2v) is 6.55. The van der Waals surface area contributed by atoms with Crippen LogP contribution >= 0.6 is 0 Å². The predicted molar refractivity (Wildman–Crippen MR) is 101 cm³/mol. The normalized spacial score (nSPS) is 14.3. The number of hydrogen-bond donors (Lipinski definition) is 0. The van der Waals surface area contributed by atoms with Crippen molar-refractivity contribution in [3.63, 3.8) is 0 Å². The molecule has 3 aromatic rings. The number of rotatable bonds is 3. The molecule has 4 rings (SSSR count). The Labute approximate surface area is 146 Å². The van der Waals surface area contributed by atoms with Crippen molar-refractivity contribution < 1.29 is 4.79 Å². The number of carbonyl (C=O) groups excluding carboxylic acids is 1. The van der Waals surface area contributed by atoms with Crippen molar-refractivity contribution in [2.24, 2.45) is 0 Å². The molecule has 0 unspecified atom stereocenters. The van der Waals surface area contributed by atoms with Gasteiger partial charge in [-0.05, 0) is 30.3 Å². The Hall–Kier alpha value is -2.95. The lowest BCUT2D eigenvalue weighted by molar-refractivity contribution is -0.116. The Morgan fingerprint density at radius 3 is 2.60 bits per heavy atom. The van der Waals surface area contributed by atoms with Crippen LogP contribution in [0.4, 0.5) is 11.5 Å². The van der Waals surface area contributed by atoms with Crippen molar-refractivity contribution in [1.29, 1.82) is 0 Å². The van der Waals surface area contributed by atoms with Gasteiger partial charge >= 0.3 is 0 Å². The van der Waals surface area contributed by atoms with Gasteiger partial charge in [0.25, 0.3) is 0 Å². The topological polar surface area (TPSA) is 49.3 Å². The standard InChI is InChI=1S/C20H20N4O/c1-23(2)15-7-5-14(6-8-15)18-12-19-17(4-3-10-21-19)20(22-18)24-11-9-16(25)13-24/h3-8,10,12H,9,11,13H2,1-2H3. The zero-order valence-electron chi connectivity index (χ0n) is 14.4. The molecule has 0 spiro atoms. The van der Waals surface area contributed by atoms with Crippen molar-refractivity contribution >= 4 is 28.2 Å². The summed E-state index contributed by atoms with van der Waals surface area (Å²) in [5.74, 6) is 1.11. The molecule has 126 valence electrons. The van der Waals surface area contributed by atoms with E-state index in [1.807, 2.05) is 32.3 Å². The maximum Gasteiger partial charge on any atom is 0.153 e. The summed E-state index contributed by atoms with van der Waals surface area (Å²) in [6, 6.07) is 14.3. The summed E-state index contributed by atoms with van der Waals surface area (Å²) < 4.78 is 0. The molecule has 0 radical (unpaired) electrons. The minimum Gasteiger partial charge on any atom is -0.378 e. The Morgan fingerprint density at radius 2 is 1.92 bits per heavy atom. The van der Waals surface area contributed by atoms with Crippen molar-refractivity contribution in [3.05, 3.63) is 48.7 Å². The maximum atomic E-state index is 11.7. The van der Waals surface area contributed by atoms with Crippen LogP contribution in [0.2, 0.25) is 0 Å². The van der Waals surface area contributed by atoms with Crippen LogP contribution in [0.25, 0.3) is 22.2 Å². The van der Waals surface area contributed by atoms with E-state index in [1.54, 1.807) is 6.20 Å². The highest BCUT2D eigenvalue weighted by Crippen LogP contribution is 2.31. The van der Waals surface area contributed by atoms with Crippen molar-refractivity contribution in [2.45, 2.75) is 6.42 Å². The Balaban J connectivity index is 1.83. The summed E-state index contributed by atoms with van der Waals surface area (Å²) in [4.78, 5) is 25.2. The highest BCUT2D eigenvalue weighted by Gasteiger charge is 2.23. The summed E-state index contributed by atoms with van der Waals surface area (Å²) in [6.07, 6.45) is 2.38. The van der Waals surface area contributed by atoms with E-state index in [4.69, 9.17) is 4.98 Å². The van der Waals surface area contributed by atoms with Crippen LogP contribution in [0.1, 0.15) is 6.42 Å². The lowest BCUT2D eigenvalue weighted by Gasteiger charge is -2.19. The van der Waals surface area contributed by atoms with Gasteiger partial charge in [-0.25, -0.2) is 4.98 Å². The van der Waals surface area contributed by atoms with E-state index in [0.29, 0.717) is 13.0 Å². The maximum absolute atomic E-state index is 11.7. The van der Waals surface area contributed by atoms with Gasteiger partial charge in [-0.3, -0.25) is 9.78 Å². The molecule has 0 saturated carbocycles. The lowest BCUT2D eigenvalue weighted by atomic mass is 10.1. The Kier molecular flexibility index (Phi) is 3.84. The Morgan fingerprint density at radius 1 is 1.12 bits per heavy atom. The van der Waals surface area contributed by atoms with E-state index < -0.39 is 0 Å². The molecule has 5 nitrogen and oxygen atoms in total. The first-order valence-electron chi connectivity index (χ1n) is 8.42. The molecular formula is C20H20N4O. The minimum absolute atomic E-state index is 0.263. The number of fused-ring (bicyclic) bond motifs is 1. The van der Waals surface area contributed by atoms with Crippen LogP contribution in [0, 0.1) is 0 Å². The van der Waals surface area contributed by atoms with Crippen molar-refractivity contribution in [3.8, 4) is 11.3 Å². The van der Waals surface area contributed by atoms with Gasteiger partial charge < -0.3 is 9.80 Å². The number of nitrogens with zero attached hydrogens (tertiary/aromatic N) is 4. The average Bonchev–Trinajstić information content (AvgIpc) is 3.07. The van der Waals surface area contributed by atoms with Crippen LogP contribution in [0.5, 0.6) is 0 Å². The summed E-state index contributed by atoms with van der Waals surface area (Å²) in [5, 5.41) is 0.992. The van der Waals surface area contributed by atoms with Gasteiger partial charge in [0.05, 0.1) is 17.8 Å². The van der Waals surface area contributed by atoms with E-state index in [9.17, 15) is 4.79 Å². The number of carbonyl (C=O) groups is 1. The quantitative estimate of drug-likeness (QED) is 0.737. The third-order valence-corrected chi connectivity index (χ3v) is 4.59. The van der Waals surface area contributed by atoms with Gasteiger partial charge in [0, 0.05) is 49.9 Å². The van der Waals surface area contributed by atoms with E-state index in [0.717, 1.165) is 40.2 Å². The monoisotopic (exact) mass is 332 g/mol. The molecule has 1 saturated heterocycles. The molecule has 0 bridgehead atoms. The van der Waals surface area contributed by atoms with Crippen molar-refractivity contribution in [2.75, 3.05) is 37.0 Å². The number of benzene rings is 1. The average molecular weight is 332 g/mol. The number of aromatic nitrogens is 2. The molecule has 3 heterocycles. The third-order valence-electron chi connectivity index (χ3n) is 4.59. The Bertz CT molecular complexity index is 934. The van der Waals surface area contributed by atoms with Crippen LogP contribution in [-0.4, -0.2) is 42.9 Å². The second kappa shape index (κ2) is 6.16. The van der Waals surface area contributed by atoms with Crippen LogP contribution in [0.15, 0.2) is 48.7 Å². The van der Waals surface area contributed by atoms with Gasteiger partial charge in [-0.15, -0.1) is 0 Å². The van der Waals surface area contributed by atoms with Crippen molar-refractivity contribution in [1.82, 2.24) is 9.97 Å². The molecule has 0 atom stereocenters. The van der Waals surface area contributed by atoms with E-state index in [2.05, 4.69) is 39.0 Å². The number of Topliss-reactive ketones (excluding diaryl/α,β-unsaturated/α-hetero) is 1. The smallest absolute Gasteiger partial charge is 0.153 e. The van der Waals surface area contributed by atoms with Crippen LogP contribution < -0.4 is 9.80 Å². The molecule has 0 aliphatic carbocycles. The summed E-state index contributed by atoms with van der Waals surface area (Å²) in [5.41, 5.74) is 3.97. The van der Waals surface area contributed by atoms with E-state index in [1.165, 1.54) is 0 Å². The second-order valence-electron chi connectivity index (χ2n) is 6.55. The van der Waals surface area contributed by atoms with Crippen LogP contribution in [-0.2, 0) is 4.79 Å². The molecule has 2 aromatic heterocycles. The number of ketones is 1. The first-order chi connectivity index (χ1) is 12.1. The molecule has 1 aliphatic heterocycles. The fraction of sp³-hybridized carbons (Fsp3) is 0.250. The fourth-order valence-electron chi connectivity index (χ4n) is 3.19.